The Bertz CT molecular complexity index is 342. The Morgan fingerprint density at radius 2 is 1.55 bits per heavy atom. The molecular formula is C15H25F3O2. The molecule has 118 valence electrons. The van der Waals surface area contributed by atoms with Gasteiger partial charge in [-0.3, -0.25) is 4.79 Å². The zero-order valence-corrected chi connectivity index (χ0v) is 12.7. The number of carbonyl (C=O) groups is 1. The summed E-state index contributed by atoms with van der Waals surface area (Å²) in [6.45, 7) is 4.87. The number of aliphatic hydroxyl groups excluding tert-OH is 1. The molecule has 0 aliphatic heterocycles. The molecule has 0 amide bonds. The van der Waals surface area contributed by atoms with Crippen molar-refractivity contribution in [3.63, 3.8) is 0 Å². The second-order valence-electron chi connectivity index (χ2n) is 5.25. The molecule has 0 aromatic carbocycles. The summed E-state index contributed by atoms with van der Waals surface area (Å²) in [6, 6.07) is 0. The van der Waals surface area contributed by atoms with Crippen molar-refractivity contribution in [2.45, 2.75) is 59.3 Å². The zero-order chi connectivity index (χ0) is 15.9. The number of rotatable bonds is 9. The van der Waals surface area contributed by atoms with Gasteiger partial charge in [-0.2, -0.15) is 0 Å². The summed E-state index contributed by atoms with van der Waals surface area (Å²) < 4.78 is 39.2. The number of hydrogen-bond donors (Lipinski definition) is 1. The number of hydrogen-bond acceptors (Lipinski definition) is 2. The van der Waals surface area contributed by atoms with Gasteiger partial charge in [-0.15, -0.1) is 0 Å². The first-order valence-electron chi connectivity index (χ1n) is 7.11. The van der Waals surface area contributed by atoms with Crippen LogP contribution in [0.3, 0.4) is 0 Å². The molecule has 0 saturated carbocycles. The zero-order valence-electron chi connectivity index (χ0n) is 12.7. The largest absolute Gasteiger partial charge is 0.512 e. The minimum Gasteiger partial charge on any atom is -0.512 e. The third kappa shape index (κ3) is 5.55. The molecule has 0 aromatic heterocycles. The fourth-order valence-corrected chi connectivity index (χ4v) is 2.28. The Kier molecular flexibility index (Phi) is 7.91. The van der Waals surface area contributed by atoms with E-state index in [1.165, 1.54) is 0 Å². The first-order chi connectivity index (χ1) is 9.21. The van der Waals surface area contributed by atoms with Gasteiger partial charge in [0.1, 0.15) is 12.4 Å². The molecule has 0 radical (unpaired) electrons. The quantitative estimate of drug-likeness (QED) is 0.488. The fraction of sp³-hybridized carbons (Fsp3) is 0.800. The van der Waals surface area contributed by atoms with Crippen LogP contribution in [0.15, 0.2) is 11.3 Å². The molecule has 0 spiro atoms. The fourth-order valence-electron chi connectivity index (χ4n) is 2.28. The second-order valence-corrected chi connectivity index (χ2v) is 5.25. The van der Waals surface area contributed by atoms with Crippen LogP contribution in [0.25, 0.3) is 0 Å². The summed E-state index contributed by atoms with van der Waals surface area (Å²) in [5.41, 5.74) is -0.338. The van der Waals surface area contributed by atoms with Crippen LogP contribution in [-0.4, -0.2) is 23.5 Å². The van der Waals surface area contributed by atoms with Crippen molar-refractivity contribution in [3.05, 3.63) is 11.3 Å². The Balaban J connectivity index is 5.36. The van der Waals surface area contributed by atoms with Crippen LogP contribution in [0.5, 0.6) is 0 Å². The Morgan fingerprint density at radius 3 is 1.85 bits per heavy atom. The van der Waals surface area contributed by atoms with Crippen LogP contribution in [0.4, 0.5) is 13.2 Å². The van der Waals surface area contributed by atoms with Crippen molar-refractivity contribution in [2.24, 2.45) is 11.8 Å². The average molecular weight is 294 g/mol. The van der Waals surface area contributed by atoms with Crippen LogP contribution in [0, 0.1) is 11.8 Å². The summed E-state index contributed by atoms with van der Waals surface area (Å²) in [4.78, 5) is 12.1. The standard InChI is InChI=1S/C15H25F3O2/c1-5-10(6-2)13(19)12(9-16)14(20)11(7-3)8-15(4,17)18/h10-11,20H,5-9H2,1-4H3. The molecule has 2 nitrogen and oxygen atoms in total. The highest BCUT2D eigenvalue weighted by Gasteiger charge is 2.31. The normalized spacial score (nSPS) is 15.2. The first kappa shape index (κ1) is 19.0. The van der Waals surface area contributed by atoms with Crippen molar-refractivity contribution < 1.29 is 23.1 Å². The molecule has 0 bridgehead atoms. The molecule has 0 aromatic rings. The predicted octanol–water partition coefficient (Wildman–Crippen LogP) is 4.84. The van der Waals surface area contributed by atoms with E-state index in [2.05, 4.69) is 0 Å². The van der Waals surface area contributed by atoms with Crippen LogP contribution in [0.1, 0.15) is 53.4 Å². The lowest BCUT2D eigenvalue weighted by Crippen LogP contribution is -2.23. The van der Waals surface area contributed by atoms with E-state index in [9.17, 15) is 23.1 Å². The van der Waals surface area contributed by atoms with Crippen LogP contribution < -0.4 is 0 Å². The minimum atomic E-state index is -2.96. The van der Waals surface area contributed by atoms with Crippen LogP contribution >= 0.6 is 0 Å². The van der Waals surface area contributed by atoms with Gasteiger partial charge in [0.05, 0.1) is 5.57 Å². The van der Waals surface area contributed by atoms with E-state index in [4.69, 9.17) is 0 Å². The lowest BCUT2D eigenvalue weighted by atomic mass is 9.88. The number of halogens is 3. The molecule has 0 rings (SSSR count). The number of aliphatic hydroxyl groups is 1. The van der Waals surface area contributed by atoms with E-state index in [0.29, 0.717) is 12.8 Å². The maximum atomic E-state index is 13.1. The van der Waals surface area contributed by atoms with Gasteiger partial charge < -0.3 is 5.11 Å². The molecule has 0 heterocycles. The maximum absolute atomic E-state index is 13.1. The molecule has 0 fully saturated rings. The molecule has 5 heteroatoms. The van der Waals surface area contributed by atoms with E-state index in [1.807, 2.05) is 0 Å². The molecule has 0 saturated heterocycles. The molecule has 1 N–H and O–H groups in total. The molecule has 1 unspecified atom stereocenters. The molecule has 1 atom stereocenters. The van der Waals surface area contributed by atoms with E-state index < -0.39 is 36.5 Å². The van der Waals surface area contributed by atoms with Gasteiger partial charge in [-0.25, -0.2) is 13.2 Å². The summed E-state index contributed by atoms with van der Waals surface area (Å²) in [7, 11) is 0. The highest BCUT2D eigenvalue weighted by molar-refractivity contribution is 5.97. The second kappa shape index (κ2) is 8.32. The molecule has 20 heavy (non-hydrogen) atoms. The predicted molar refractivity (Wildman–Crippen MR) is 73.7 cm³/mol. The smallest absolute Gasteiger partial charge is 0.246 e. The molecule has 0 aliphatic carbocycles. The Hall–Kier alpha value is -1.00. The lowest BCUT2D eigenvalue weighted by Gasteiger charge is -2.21. The number of ketones is 1. The number of carbonyl (C=O) groups excluding carboxylic acids is 1. The van der Waals surface area contributed by atoms with Gasteiger partial charge in [-0.1, -0.05) is 20.8 Å². The maximum Gasteiger partial charge on any atom is 0.246 e. The van der Waals surface area contributed by atoms with Gasteiger partial charge in [-0.05, 0) is 26.2 Å². The third-order valence-corrected chi connectivity index (χ3v) is 3.58. The highest BCUT2D eigenvalue weighted by Crippen LogP contribution is 2.31. The monoisotopic (exact) mass is 294 g/mol. The Morgan fingerprint density at radius 1 is 1.10 bits per heavy atom. The van der Waals surface area contributed by atoms with Crippen LogP contribution in [0.2, 0.25) is 0 Å². The topological polar surface area (TPSA) is 37.3 Å². The van der Waals surface area contributed by atoms with Gasteiger partial charge in [0, 0.05) is 18.3 Å². The van der Waals surface area contributed by atoms with E-state index in [-0.39, 0.29) is 17.9 Å². The SMILES string of the molecule is CCC(CC)C(=O)C(CF)=C(O)C(CC)CC(C)(F)F. The number of allylic oxidation sites excluding steroid dienone is 2. The summed E-state index contributed by atoms with van der Waals surface area (Å²) >= 11 is 0. The Labute approximate surface area is 119 Å². The minimum absolute atomic E-state index is 0.231. The van der Waals surface area contributed by atoms with Crippen molar-refractivity contribution in [2.75, 3.05) is 6.67 Å². The number of Topliss-reactive ketones (excluding diaryl/α,β-unsaturated/α-hetero) is 1. The first-order valence-corrected chi connectivity index (χ1v) is 7.11. The van der Waals surface area contributed by atoms with Gasteiger partial charge in [0.15, 0.2) is 5.78 Å². The van der Waals surface area contributed by atoms with E-state index >= 15 is 0 Å². The van der Waals surface area contributed by atoms with E-state index in [1.54, 1.807) is 20.8 Å². The summed E-state index contributed by atoms with van der Waals surface area (Å²) in [6.07, 6.45) is 0.712. The van der Waals surface area contributed by atoms with Crippen molar-refractivity contribution in [1.29, 1.82) is 0 Å². The van der Waals surface area contributed by atoms with Crippen molar-refractivity contribution in [3.8, 4) is 0 Å². The van der Waals surface area contributed by atoms with E-state index in [0.717, 1.165) is 6.92 Å². The van der Waals surface area contributed by atoms with Gasteiger partial charge in [0.2, 0.25) is 5.92 Å². The van der Waals surface area contributed by atoms with Gasteiger partial charge in [0.25, 0.3) is 0 Å². The van der Waals surface area contributed by atoms with Crippen molar-refractivity contribution >= 4 is 5.78 Å². The summed E-state index contributed by atoms with van der Waals surface area (Å²) in [5, 5.41) is 10.0. The van der Waals surface area contributed by atoms with Gasteiger partial charge >= 0.3 is 0 Å². The average Bonchev–Trinajstić information content (AvgIpc) is 2.37. The van der Waals surface area contributed by atoms with Crippen LogP contribution in [-0.2, 0) is 4.79 Å². The number of alkyl halides is 3. The van der Waals surface area contributed by atoms with Crippen molar-refractivity contribution in [1.82, 2.24) is 0 Å². The lowest BCUT2D eigenvalue weighted by molar-refractivity contribution is -0.120. The molecular weight excluding hydrogens is 269 g/mol. The summed E-state index contributed by atoms with van der Waals surface area (Å²) in [5.74, 6) is -5.20. The third-order valence-electron chi connectivity index (χ3n) is 3.58. The molecule has 0 aliphatic rings. The highest BCUT2D eigenvalue weighted by atomic mass is 19.3.